The summed E-state index contributed by atoms with van der Waals surface area (Å²) in [4.78, 5) is 15.0. The van der Waals surface area contributed by atoms with Crippen LogP contribution < -0.4 is 0 Å². The Morgan fingerprint density at radius 2 is 1.73 bits per heavy atom. The van der Waals surface area contributed by atoms with E-state index < -0.39 is 0 Å². The van der Waals surface area contributed by atoms with Crippen LogP contribution in [0.25, 0.3) is 11.4 Å². The number of rotatable bonds is 2. The lowest BCUT2D eigenvalue weighted by Crippen LogP contribution is -2.35. The predicted molar refractivity (Wildman–Crippen MR) is 111 cm³/mol. The number of carbonyl (C=O) groups is 1. The van der Waals surface area contributed by atoms with Crippen LogP contribution in [0.15, 0.2) is 30.3 Å². The zero-order valence-corrected chi connectivity index (χ0v) is 17.5. The summed E-state index contributed by atoms with van der Waals surface area (Å²) in [6.07, 6.45) is 4.77. The molecule has 0 unspecified atom stereocenters. The lowest BCUT2D eigenvalue weighted by atomic mass is 10.1. The van der Waals surface area contributed by atoms with Crippen LogP contribution in [0, 0.1) is 12.7 Å². The highest BCUT2D eigenvalue weighted by Crippen LogP contribution is 2.21. The van der Waals surface area contributed by atoms with E-state index in [9.17, 15) is 9.18 Å². The summed E-state index contributed by atoms with van der Waals surface area (Å²) in [7, 11) is 1.80. The molecule has 0 aliphatic carbocycles. The Labute approximate surface area is 175 Å². The number of hydrogen-bond donors (Lipinski definition) is 0. The molecule has 7 nitrogen and oxygen atoms in total. The molecule has 3 heterocycles. The lowest BCUT2D eigenvalue weighted by molar-refractivity contribution is 0.0742. The molecule has 1 aromatic carbocycles. The average molecular weight is 410 g/mol. The summed E-state index contributed by atoms with van der Waals surface area (Å²) in [5.74, 6) is 1.34. The van der Waals surface area contributed by atoms with Crippen molar-refractivity contribution < 1.29 is 9.18 Å². The molecule has 8 heteroatoms. The van der Waals surface area contributed by atoms with Crippen molar-refractivity contribution in [2.45, 2.75) is 45.6 Å². The van der Waals surface area contributed by atoms with Gasteiger partial charge in [-0.25, -0.2) is 4.39 Å². The summed E-state index contributed by atoms with van der Waals surface area (Å²) in [6.45, 7) is 4.01. The highest BCUT2D eigenvalue weighted by molar-refractivity contribution is 5.92. The van der Waals surface area contributed by atoms with Crippen LogP contribution in [0.1, 0.15) is 47.7 Å². The molecule has 0 N–H and O–H groups in total. The summed E-state index contributed by atoms with van der Waals surface area (Å²) < 4.78 is 17.1. The number of halogens is 1. The average Bonchev–Trinajstić information content (AvgIpc) is 3.27. The van der Waals surface area contributed by atoms with E-state index in [1.807, 2.05) is 17.9 Å². The molecule has 0 radical (unpaired) electrons. The van der Waals surface area contributed by atoms with Crippen molar-refractivity contribution in [1.29, 1.82) is 0 Å². The maximum atomic E-state index is 13.3. The predicted octanol–water partition coefficient (Wildman–Crippen LogP) is 3.39. The van der Waals surface area contributed by atoms with Gasteiger partial charge >= 0.3 is 0 Å². The van der Waals surface area contributed by atoms with Crippen molar-refractivity contribution in [2.24, 2.45) is 7.05 Å². The Balaban J connectivity index is 1.59. The molecule has 0 saturated heterocycles. The van der Waals surface area contributed by atoms with Crippen molar-refractivity contribution in [3.05, 3.63) is 53.4 Å². The quantitative estimate of drug-likeness (QED) is 0.649. The third-order valence-electron chi connectivity index (χ3n) is 5.60. The fraction of sp³-hybridized carbons (Fsp3) is 0.455. The van der Waals surface area contributed by atoms with E-state index in [1.165, 1.54) is 12.1 Å². The molecule has 0 spiro atoms. The molecule has 1 amide bonds. The number of hydrogen-bond acceptors (Lipinski definition) is 4. The van der Waals surface area contributed by atoms with Gasteiger partial charge in [0.2, 0.25) is 0 Å². The van der Waals surface area contributed by atoms with Gasteiger partial charge in [-0.3, -0.25) is 9.48 Å². The van der Waals surface area contributed by atoms with Gasteiger partial charge in [-0.2, -0.15) is 5.10 Å². The largest absolute Gasteiger partial charge is 0.337 e. The number of carbonyl (C=O) groups excluding carboxylic acids is 1. The minimum atomic E-state index is -0.268. The summed E-state index contributed by atoms with van der Waals surface area (Å²) in [5, 5.41) is 13.1. The minimum absolute atomic E-state index is 0.00201. The Morgan fingerprint density at radius 3 is 2.43 bits per heavy atom. The molecule has 0 fully saturated rings. The number of aryl methyl sites for hydroxylation is 2. The third-order valence-corrected chi connectivity index (χ3v) is 5.60. The second-order valence-corrected chi connectivity index (χ2v) is 7.85. The molecule has 0 bridgehead atoms. The number of amides is 1. The number of aromatic nitrogens is 5. The van der Waals surface area contributed by atoms with Crippen LogP contribution in [0.2, 0.25) is 0 Å². The van der Waals surface area contributed by atoms with Crippen molar-refractivity contribution >= 4 is 5.91 Å². The zero-order valence-electron chi connectivity index (χ0n) is 17.5. The Hall–Kier alpha value is -3.03. The minimum Gasteiger partial charge on any atom is -0.337 e. The fourth-order valence-electron chi connectivity index (χ4n) is 4.02. The highest BCUT2D eigenvalue weighted by atomic mass is 19.1. The van der Waals surface area contributed by atoms with Gasteiger partial charge in [-0.05, 0) is 50.1 Å². The Morgan fingerprint density at radius 1 is 1.00 bits per heavy atom. The second kappa shape index (κ2) is 8.77. The van der Waals surface area contributed by atoms with Crippen molar-refractivity contribution in [3.8, 4) is 11.4 Å². The first-order chi connectivity index (χ1) is 14.5. The van der Waals surface area contributed by atoms with Gasteiger partial charge in [0.25, 0.3) is 5.91 Å². The highest BCUT2D eigenvalue weighted by Gasteiger charge is 2.22. The van der Waals surface area contributed by atoms with Crippen molar-refractivity contribution in [1.82, 2.24) is 29.4 Å². The molecule has 1 aliphatic heterocycles. The maximum Gasteiger partial charge on any atom is 0.272 e. The third kappa shape index (κ3) is 4.27. The van der Waals surface area contributed by atoms with Gasteiger partial charge in [0.15, 0.2) is 5.82 Å². The van der Waals surface area contributed by atoms with Gasteiger partial charge in [0, 0.05) is 38.7 Å². The van der Waals surface area contributed by atoms with E-state index in [4.69, 9.17) is 0 Å². The summed E-state index contributed by atoms with van der Waals surface area (Å²) >= 11 is 0. The summed E-state index contributed by atoms with van der Waals surface area (Å²) in [5.41, 5.74) is 2.29. The van der Waals surface area contributed by atoms with Gasteiger partial charge < -0.3 is 9.47 Å². The lowest BCUT2D eigenvalue weighted by Gasteiger charge is -2.22. The van der Waals surface area contributed by atoms with Crippen LogP contribution in [-0.2, 0) is 20.0 Å². The Bertz CT molecular complexity index is 1020. The van der Waals surface area contributed by atoms with E-state index in [-0.39, 0.29) is 11.7 Å². The Kier molecular flexibility index (Phi) is 5.92. The monoisotopic (exact) mass is 410 g/mol. The zero-order chi connectivity index (χ0) is 21.1. The molecule has 3 aromatic rings. The first kappa shape index (κ1) is 20.3. The topological polar surface area (TPSA) is 68.8 Å². The normalized spacial score (nSPS) is 15.5. The summed E-state index contributed by atoms with van der Waals surface area (Å²) in [6, 6.07) is 8.19. The van der Waals surface area contributed by atoms with E-state index in [0.29, 0.717) is 18.7 Å². The first-order valence-electron chi connectivity index (χ1n) is 10.5. The first-order valence-corrected chi connectivity index (χ1v) is 10.5. The van der Waals surface area contributed by atoms with Gasteiger partial charge in [0.1, 0.15) is 17.3 Å². The standard InChI is InChI=1S/C22H27FN6O/c1-16-15-19(27(2)26-16)22(30)28-12-5-3-4-6-13-29-20(11-14-28)24-25-21(29)17-7-9-18(23)10-8-17/h7-10,15H,3-6,11-14H2,1-2H3. The second-order valence-electron chi connectivity index (χ2n) is 7.85. The molecular formula is C22H27FN6O. The van der Waals surface area contributed by atoms with Gasteiger partial charge in [0.05, 0.1) is 5.69 Å². The number of nitrogens with zero attached hydrogens (tertiary/aromatic N) is 6. The van der Waals surface area contributed by atoms with Gasteiger partial charge in [-0.15, -0.1) is 10.2 Å². The van der Waals surface area contributed by atoms with Crippen molar-refractivity contribution in [3.63, 3.8) is 0 Å². The van der Waals surface area contributed by atoms with E-state index in [2.05, 4.69) is 19.9 Å². The SMILES string of the molecule is Cc1cc(C(=O)N2CCCCCCn3c(nnc3-c3ccc(F)cc3)CC2)n(C)n1. The molecule has 30 heavy (non-hydrogen) atoms. The van der Waals surface area contributed by atoms with Crippen molar-refractivity contribution in [2.75, 3.05) is 13.1 Å². The molecule has 2 aromatic heterocycles. The van der Waals surface area contributed by atoms with Crippen LogP contribution in [0.5, 0.6) is 0 Å². The van der Waals surface area contributed by atoms with E-state index >= 15 is 0 Å². The van der Waals surface area contributed by atoms with E-state index in [1.54, 1.807) is 23.9 Å². The van der Waals surface area contributed by atoms with Gasteiger partial charge in [-0.1, -0.05) is 12.8 Å². The molecular weight excluding hydrogens is 383 g/mol. The maximum absolute atomic E-state index is 13.3. The smallest absolute Gasteiger partial charge is 0.272 e. The van der Waals surface area contributed by atoms with Crippen LogP contribution in [0.4, 0.5) is 4.39 Å². The molecule has 0 saturated carbocycles. The van der Waals surface area contributed by atoms with E-state index in [0.717, 1.165) is 61.7 Å². The molecule has 4 rings (SSSR count). The van der Waals surface area contributed by atoms with Crippen LogP contribution in [0.3, 0.4) is 0 Å². The number of benzene rings is 1. The molecule has 0 atom stereocenters. The fourth-order valence-corrected chi connectivity index (χ4v) is 4.02. The molecule has 158 valence electrons. The van der Waals surface area contributed by atoms with Crippen LogP contribution >= 0.6 is 0 Å². The number of fused-ring (bicyclic) bond motifs is 1. The molecule has 1 aliphatic rings. The van der Waals surface area contributed by atoms with Crippen LogP contribution in [-0.4, -0.2) is 48.4 Å².